The number of esters is 1. The van der Waals surface area contributed by atoms with Gasteiger partial charge in [-0.3, -0.25) is 4.79 Å². The predicted octanol–water partition coefficient (Wildman–Crippen LogP) is 1.16. The van der Waals surface area contributed by atoms with Crippen LogP contribution in [0, 0.1) is 11.8 Å². The lowest BCUT2D eigenvalue weighted by molar-refractivity contribution is -0.141. The molecular formula is C11H16N2O2. The van der Waals surface area contributed by atoms with E-state index in [0.717, 1.165) is 0 Å². The molecule has 1 aliphatic rings. The van der Waals surface area contributed by atoms with Crippen molar-refractivity contribution in [1.29, 1.82) is 0 Å². The van der Waals surface area contributed by atoms with Gasteiger partial charge in [-0.05, 0) is 12.8 Å². The van der Waals surface area contributed by atoms with E-state index in [1.807, 2.05) is 0 Å². The van der Waals surface area contributed by atoms with Gasteiger partial charge in [-0.1, -0.05) is 6.85 Å². The molecule has 15 heavy (non-hydrogen) atoms. The van der Waals surface area contributed by atoms with Gasteiger partial charge >= 0.3 is 5.97 Å². The fraction of sp³-hybridized carbons (Fsp3) is 0.636. The number of carbonyl (C=O) groups excluding carboxylic acids is 1. The molecule has 0 radical (unpaired) electrons. The van der Waals surface area contributed by atoms with Crippen LogP contribution in [0.4, 0.5) is 0 Å². The van der Waals surface area contributed by atoms with Gasteiger partial charge in [0.15, 0.2) is 0 Å². The maximum atomic E-state index is 11.8. The Labute approximate surface area is 102 Å². The van der Waals surface area contributed by atoms with Crippen molar-refractivity contribution in [2.45, 2.75) is 19.7 Å². The van der Waals surface area contributed by atoms with E-state index in [4.69, 9.17) is 17.1 Å². The highest BCUT2D eigenvalue weighted by molar-refractivity contribution is 5.74. The average Bonchev–Trinajstić information content (AvgIpc) is 2.79. The number of rotatable bonds is 3. The van der Waals surface area contributed by atoms with Crippen LogP contribution in [-0.4, -0.2) is 22.1 Å². The quantitative estimate of drug-likeness (QED) is 0.714. The molecule has 4 nitrogen and oxygen atoms in total. The van der Waals surface area contributed by atoms with Crippen molar-refractivity contribution in [3.63, 3.8) is 0 Å². The SMILES string of the molecule is [2H]c1nc([2H])n(C([2H])([2H])[2H])c1C[C@@]1([2H])COC(=O)[C@H]1CC([2H])([2H])[2H]. The minimum Gasteiger partial charge on any atom is -0.465 e. The topological polar surface area (TPSA) is 44.1 Å². The van der Waals surface area contributed by atoms with Crippen LogP contribution >= 0.6 is 0 Å². The summed E-state index contributed by atoms with van der Waals surface area (Å²) in [5.41, 5.74) is -0.219. The fourth-order valence-electron chi connectivity index (χ4n) is 1.52. The molecule has 0 spiro atoms. The molecule has 0 aliphatic carbocycles. The van der Waals surface area contributed by atoms with Gasteiger partial charge in [-0.25, -0.2) is 4.98 Å². The molecule has 0 amide bonds. The molecule has 1 aromatic heterocycles. The zero-order chi connectivity index (χ0) is 18.5. The summed E-state index contributed by atoms with van der Waals surface area (Å²) >= 11 is 0. The van der Waals surface area contributed by atoms with Crippen molar-refractivity contribution >= 4 is 5.97 Å². The average molecular weight is 217 g/mol. The molecule has 0 saturated carbocycles. The molecule has 0 unspecified atom stereocenters. The van der Waals surface area contributed by atoms with Gasteiger partial charge in [-0.15, -0.1) is 0 Å². The smallest absolute Gasteiger partial charge is 0.309 e. The van der Waals surface area contributed by atoms with Crippen LogP contribution in [0.2, 0.25) is 0 Å². The second kappa shape index (κ2) is 4.04. The van der Waals surface area contributed by atoms with Crippen LogP contribution in [0.3, 0.4) is 0 Å². The van der Waals surface area contributed by atoms with E-state index in [2.05, 4.69) is 4.98 Å². The highest BCUT2D eigenvalue weighted by Crippen LogP contribution is 2.27. The lowest BCUT2D eigenvalue weighted by Crippen LogP contribution is -2.18. The molecule has 82 valence electrons. The van der Waals surface area contributed by atoms with Crippen LogP contribution in [0.25, 0.3) is 0 Å². The van der Waals surface area contributed by atoms with Crippen LogP contribution in [0.5, 0.6) is 0 Å². The molecule has 1 aromatic rings. The summed E-state index contributed by atoms with van der Waals surface area (Å²) in [6.45, 7) is -5.65. The van der Waals surface area contributed by atoms with Gasteiger partial charge in [-0.2, -0.15) is 0 Å². The third-order valence-electron chi connectivity index (χ3n) is 2.38. The number of nitrogens with zero attached hydrogens (tertiary/aromatic N) is 2. The summed E-state index contributed by atoms with van der Waals surface area (Å²) in [5.74, 6) is -3.85. The van der Waals surface area contributed by atoms with E-state index in [1.54, 1.807) is 0 Å². The normalized spacial score (nSPS) is 40.9. The summed E-state index contributed by atoms with van der Waals surface area (Å²) in [4.78, 5) is 15.3. The first-order chi connectivity index (χ1) is 10.7. The van der Waals surface area contributed by atoms with E-state index >= 15 is 0 Å². The standard InChI is InChI=1S/C11H16N2O2/c1-3-10-8(6-15-11(10)14)4-9-5-12-7-13(9)2/h5,7-8,10H,3-4,6H2,1-2H3/t8-,10-/m0/s1/i1D3,2D3,5D,7D,8D. The third kappa shape index (κ3) is 1.89. The van der Waals surface area contributed by atoms with Crippen LogP contribution in [0.15, 0.2) is 12.5 Å². The minimum absolute atomic E-state index is 0.219. The molecule has 0 N–H and O–H groups in total. The second-order valence-corrected chi connectivity index (χ2v) is 3.31. The van der Waals surface area contributed by atoms with E-state index in [0.29, 0.717) is 4.57 Å². The molecule has 0 bridgehead atoms. The number of aromatic nitrogens is 2. The van der Waals surface area contributed by atoms with Gasteiger partial charge < -0.3 is 9.30 Å². The van der Waals surface area contributed by atoms with E-state index < -0.39 is 63.5 Å². The summed E-state index contributed by atoms with van der Waals surface area (Å²) in [7, 11) is 0. The first-order valence-electron chi connectivity index (χ1n) is 8.96. The minimum atomic E-state index is -2.78. The molecular weight excluding hydrogens is 192 g/mol. The molecule has 1 saturated heterocycles. The Hall–Kier alpha value is -1.32. The monoisotopic (exact) mass is 217 g/mol. The number of imidazole rings is 1. The zero-order valence-electron chi connectivity index (χ0n) is 16.9. The molecule has 1 fully saturated rings. The lowest BCUT2D eigenvalue weighted by Gasteiger charge is -2.12. The summed E-state index contributed by atoms with van der Waals surface area (Å²) in [6.07, 6.45) is -2.16. The Morgan fingerprint density at radius 1 is 1.93 bits per heavy atom. The van der Waals surface area contributed by atoms with Crippen molar-refractivity contribution in [3.8, 4) is 0 Å². The van der Waals surface area contributed by atoms with Crippen molar-refractivity contribution in [3.05, 3.63) is 18.2 Å². The summed E-state index contributed by atoms with van der Waals surface area (Å²) in [6, 6.07) is 0. The summed E-state index contributed by atoms with van der Waals surface area (Å²) in [5, 5.41) is 0. The first-order valence-corrected chi connectivity index (χ1v) is 4.46. The number of ether oxygens (including phenoxy) is 1. The van der Waals surface area contributed by atoms with Gasteiger partial charge in [0.05, 0.1) is 20.2 Å². The summed E-state index contributed by atoms with van der Waals surface area (Å²) < 4.78 is 73.3. The molecule has 2 heterocycles. The molecule has 0 aromatic carbocycles. The Balaban J connectivity index is 2.41. The first kappa shape index (κ1) is 3.92. The molecule has 2 atom stereocenters. The van der Waals surface area contributed by atoms with Crippen molar-refractivity contribution in [1.82, 2.24) is 9.55 Å². The van der Waals surface area contributed by atoms with Crippen LogP contribution < -0.4 is 0 Å². The largest absolute Gasteiger partial charge is 0.465 e. The number of hydrogen-bond acceptors (Lipinski definition) is 3. The van der Waals surface area contributed by atoms with E-state index in [9.17, 15) is 4.79 Å². The molecule has 4 heteroatoms. The number of cyclic esters (lactones) is 1. The predicted molar refractivity (Wildman–Crippen MR) is 55.1 cm³/mol. The van der Waals surface area contributed by atoms with Gasteiger partial charge in [0.2, 0.25) is 0 Å². The Morgan fingerprint density at radius 3 is 3.67 bits per heavy atom. The highest BCUT2D eigenvalue weighted by atomic mass is 16.5. The fourth-order valence-corrected chi connectivity index (χ4v) is 1.52. The lowest BCUT2D eigenvalue weighted by atomic mass is 9.89. The maximum absolute atomic E-state index is 11.8. The number of carbonyl (C=O) groups is 1. The molecule has 2 rings (SSSR count). The second-order valence-electron chi connectivity index (χ2n) is 3.31. The van der Waals surface area contributed by atoms with Gasteiger partial charge in [0.25, 0.3) is 0 Å². The van der Waals surface area contributed by atoms with Gasteiger partial charge in [0.1, 0.15) is 1.37 Å². The van der Waals surface area contributed by atoms with Crippen molar-refractivity contribution in [2.24, 2.45) is 18.8 Å². The van der Waals surface area contributed by atoms with Crippen molar-refractivity contribution in [2.75, 3.05) is 6.61 Å². The highest BCUT2D eigenvalue weighted by Gasteiger charge is 2.35. The Morgan fingerprint density at radius 2 is 2.87 bits per heavy atom. The van der Waals surface area contributed by atoms with E-state index in [1.165, 1.54) is 0 Å². The van der Waals surface area contributed by atoms with E-state index in [-0.39, 0.29) is 5.69 Å². The third-order valence-corrected chi connectivity index (χ3v) is 2.38. The van der Waals surface area contributed by atoms with Crippen LogP contribution in [-0.2, 0) is 22.9 Å². The van der Waals surface area contributed by atoms with Crippen molar-refractivity contribution < 1.29 is 21.9 Å². The zero-order valence-corrected chi connectivity index (χ0v) is 7.91. The molecule has 1 aliphatic heterocycles. The Bertz CT molecular complexity index is 651. The maximum Gasteiger partial charge on any atom is 0.309 e. The van der Waals surface area contributed by atoms with Crippen LogP contribution in [0.1, 0.15) is 31.3 Å². The van der Waals surface area contributed by atoms with Gasteiger partial charge in [0, 0.05) is 34.3 Å². The Kier molecular flexibility index (Phi) is 1.06. The number of hydrogen-bond donors (Lipinski definition) is 0.